The van der Waals surface area contributed by atoms with Crippen LogP contribution in [0.5, 0.6) is 0 Å². The van der Waals surface area contributed by atoms with E-state index in [0.29, 0.717) is 43.9 Å². The molecule has 7 heteroatoms. The Morgan fingerprint density at radius 1 is 1.38 bits per heavy atom. The lowest BCUT2D eigenvalue weighted by Gasteiger charge is -2.31. The molecule has 2 aromatic rings. The van der Waals surface area contributed by atoms with Crippen molar-refractivity contribution in [1.82, 2.24) is 10.2 Å². The van der Waals surface area contributed by atoms with Crippen LogP contribution in [-0.4, -0.2) is 42.6 Å². The van der Waals surface area contributed by atoms with E-state index in [1.54, 1.807) is 17.9 Å². The van der Waals surface area contributed by atoms with E-state index in [-0.39, 0.29) is 18.0 Å². The number of benzene rings is 1. The fraction of sp³-hybridized carbons (Fsp3) is 0.412. The highest BCUT2D eigenvalue weighted by molar-refractivity contribution is 9.10. The van der Waals surface area contributed by atoms with Gasteiger partial charge in [-0.3, -0.25) is 4.79 Å². The number of piperidine rings is 1. The number of furan rings is 1. The smallest absolute Gasteiger partial charge is 0.409 e. The zero-order valence-corrected chi connectivity index (χ0v) is 15.0. The van der Waals surface area contributed by atoms with Gasteiger partial charge in [-0.15, -0.1) is 0 Å². The quantitative estimate of drug-likeness (QED) is 0.863. The minimum atomic E-state index is -0.288. The highest BCUT2D eigenvalue weighted by atomic mass is 79.9. The maximum absolute atomic E-state index is 12.4. The number of halogens is 1. The van der Waals surface area contributed by atoms with Crippen molar-refractivity contribution in [3.05, 3.63) is 34.5 Å². The van der Waals surface area contributed by atoms with Gasteiger partial charge in [0.05, 0.1) is 11.1 Å². The molecule has 3 rings (SSSR count). The predicted molar refractivity (Wildman–Crippen MR) is 93.0 cm³/mol. The first-order valence-electron chi connectivity index (χ1n) is 7.99. The monoisotopic (exact) mass is 394 g/mol. The molecule has 0 saturated carbocycles. The Labute approximate surface area is 148 Å². The number of hydrogen-bond acceptors (Lipinski definition) is 4. The molecule has 0 unspecified atom stereocenters. The second kappa shape index (κ2) is 7.25. The summed E-state index contributed by atoms with van der Waals surface area (Å²) in [6.07, 6.45) is 1.12. The number of carbonyl (C=O) groups is 2. The van der Waals surface area contributed by atoms with Gasteiger partial charge in [0.2, 0.25) is 0 Å². The molecule has 1 aromatic carbocycles. The number of likely N-dealkylation sites (tertiary alicyclic amines) is 1. The van der Waals surface area contributed by atoms with Crippen LogP contribution in [0, 0.1) is 0 Å². The van der Waals surface area contributed by atoms with Gasteiger partial charge in [-0.1, -0.05) is 12.1 Å². The number of nitrogens with zero attached hydrogens (tertiary/aromatic N) is 1. The Balaban J connectivity index is 1.59. The van der Waals surface area contributed by atoms with Crippen LogP contribution in [0.3, 0.4) is 0 Å². The third-order valence-electron chi connectivity index (χ3n) is 4.08. The molecular formula is C17H19BrN2O4. The molecule has 24 heavy (non-hydrogen) atoms. The largest absolute Gasteiger partial charge is 0.450 e. The summed E-state index contributed by atoms with van der Waals surface area (Å²) in [5.74, 6) is 0.0670. The standard InChI is InChI=1S/C17H19BrN2O4/c1-2-23-17(22)20-8-6-12(7-9-20)19-16(21)14-10-11-4-3-5-13(18)15(11)24-14/h3-5,10,12H,2,6-9H2,1H3,(H,19,21). The van der Waals surface area contributed by atoms with E-state index in [2.05, 4.69) is 21.2 Å². The molecule has 6 nitrogen and oxygen atoms in total. The molecule has 0 bridgehead atoms. The third kappa shape index (κ3) is 3.56. The first-order chi connectivity index (χ1) is 11.6. The molecule has 0 spiro atoms. The van der Waals surface area contributed by atoms with Gasteiger partial charge in [0.25, 0.3) is 5.91 Å². The first-order valence-corrected chi connectivity index (χ1v) is 8.78. The summed E-state index contributed by atoms with van der Waals surface area (Å²) < 4.78 is 11.5. The summed E-state index contributed by atoms with van der Waals surface area (Å²) in [6.45, 7) is 3.32. The molecule has 1 aromatic heterocycles. The SMILES string of the molecule is CCOC(=O)N1CCC(NC(=O)c2cc3cccc(Br)c3o2)CC1. The van der Waals surface area contributed by atoms with Gasteiger partial charge in [-0.05, 0) is 47.8 Å². The number of nitrogens with one attached hydrogen (secondary N) is 1. The maximum atomic E-state index is 12.4. The van der Waals surface area contributed by atoms with Crippen LogP contribution in [0.25, 0.3) is 11.0 Å². The van der Waals surface area contributed by atoms with Crippen molar-refractivity contribution in [2.75, 3.05) is 19.7 Å². The fourth-order valence-corrected chi connectivity index (χ4v) is 3.28. The van der Waals surface area contributed by atoms with Gasteiger partial charge in [-0.2, -0.15) is 0 Å². The van der Waals surface area contributed by atoms with Gasteiger partial charge in [0.1, 0.15) is 5.58 Å². The Hall–Kier alpha value is -2.02. The summed E-state index contributed by atoms with van der Waals surface area (Å²) in [4.78, 5) is 25.7. The molecule has 2 amide bonds. The number of hydrogen-bond donors (Lipinski definition) is 1. The molecule has 1 fully saturated rings. The van der Waals surface area contributed by atoms with Crippen molar-refractivity contribution in [3.63, 3.8) is 0 Å². The van der Waals surface area contributed by atoms with Crippen molar-refractivity contribution in [1.29, 1.82) is 0 Å². The second-order valence-electron chi connectivity index (χ2n) is 5.70. The van der Waals surface area contributed by atoms with Gasteiger partial charge >= 0.3 is 6.09 Å². The lowest BCUT2D eigenvalue weighted by molar-refractivity contribution is 0.0842. The summed E-state index contributed by atoms with van der Waals surface area (Å²) >= 11 is 3.42. The second-order valence-corrected chi connectivity index (χ2v) is 6.56. The zero-order chi connectivity index (χ0) is 17.1. The van der Waals surface area contributed by atoms with Crippen LogP contribution in [-0.2, 0) is 4.74 Å². The van der Waals surface area contributed by atoms with E-state index in [4.69, 9.17) is 9.15 Å². The van der Waals surface area contributed by atoms with Gasteiger partial charge < -0.3 is 19.4 Å². The lowest BCUT2D eigenvalue weighted by atomic mass is 10.1. The van der Waals surface area contributed by atoms with Gasteiger partial charge in [-0.25, -0.2) is 4.79 Å². The molecule has 1 saturated heterocycles. The van der Waals surface area contributed by atoms with Crippen LogP contribution in [0.2, 0.25) is 0 Å². The van der Waals surface area contributed by atoms with Crippen molar-refractivity contribution in [3.8, 4) is 0 Å². The molecule has 1 N–H and O–H groups in total. The highest BCUT2D eigenvalue weighted by Gasteiger charge is 2.25. The zero-order valence-electron chi connectivity index (χ0n) is 13.4. The van der Waals surface area contributed by atoms with Crippen molar-refractivity contribution in [2.45, 2.75) is 25.8 Å². The topological polar surface area (TPSA) is 71.8 Å². The minimum Gasteiger partial charge on any atom is -0.450 e. The van der Waals surface area contributed by atoms with Crippen molar-refractivity contribution >= 4 is 38.9 Å². The summed E-state index contributed by atoms with van der Waals surface area (Å²) in [5.41, 5.74) is 0.666. The normalized spacial score (nSPS) is 15.5. The van der Waals surface area contributed by atoms with Gasteiger partial charge in [0.15, 0.2) is 5.76 Å². The number of amides is 2. The number of carbonyl (C=O) groups excluding carboxylic acids is 2. The molecule has 2 heterocycles. The van der Waals surface area contributed by atoms with Crippen LogP contribution in [0.4, 0.5) is 4.79 Å². The van der Waals surface area contributed by atoms with Crippen molar-refractivity contribution in [2.24, 2.45) is 0 Å². The number of ether oxygens (including phenoxy) is 1. The minimum absolute atomic E-state index is 0.0276. The number of fused-ring (bicyclic) bond motifs is 1. The fourth-order valence-electron chi connectivity index (χ4n) is 2.82. The predicted octanol–water partition coefficient (Wildman–Crippen LogP) is 3.55. The number of para-hydroxylation sites is 1. The highest BCUT2D eigenvalue weighted by Crippen LogP contribution is 2.27. The van der Waals surface area contributed by atoms with Crippen molar-refractivity contribution < 1.29 is 18.7 Å². The van der Waals surface area contributed by atoms with Crippen LogP contribution >= 0.6 is 15.9 Å². The third-order valence-corrected chi connectivity index (χ3v) is 4.70. The van der Waals surface area contributed by atoms with Gasteiger partial charge in [0, 0.05) is 24.5 Å². The Morgan fingerprint density at radius 3 is 2.79 bits per heavy atom. The summed E-state index contributed by atoms with van der Waals surface area (Å²) in [5, 5.41) is 3.86. The summed E-state index contributed by atoms with van der Waals surface area (Å²) in [7, 11) is 0. The van der Waals surface area contributed by atoms with E-state index in [1.807, 2.05) is 18.2 Å². The lowest BCUT2D eigenvalue weighted by Crippen LogP contribution is -2.46. The average molecular weight is 395 g/mol. The van der Waals surface area contributed by atoms with E-state index in [0.717, 1.165) is 9.86 Å². The van der Waals surface area contributed by atoms with Crippen LogP contribution in [0.15, 0.2) is 33.2 Å². The van der Waals surface area contributed by atoms with Crippen LogP contribution in [0.1, 0.15) is 30.3 Å². The molecule has 0 radical (unpaired) electrons. The van der Waals surface area contributed by atoms with E-state index in [1.165, 1.54) is 0 Å². The Kier molecular flexibility index (Phi) is 5.08. The molecule has 128 valence electrons. The first kappa shape index (κ1) is 16.8. The van der Waals surface area contributed by atoms with E-state index in [9.17, 15) is 9.59 Å². The Morgan fingerprint density at radius 2 is 2.12 bits per heavy atom. The van der Waals surface area contributed by atoms with Crippen LogP contribution < -0.4 is 5.32 Å². The van der Waals surface area contributed by atoms with E-state index >= 15 is 0 Å². The number of rotatable bonds is 3. The molecular weight excluding hydrogens is 376 g/mol. The maximum Gasteiger partial charge on any atom is 0.409 e. The summed E-state index contributed by atoms with van der Waals surface area (Å²) in [6, 6.07) is 7.44. The van der Waals surface area contributed by atoms with E-state index < -0.39 is 0 Å². The molecule has 1 aliphatic rings. The molecule has 1 aliphatic heterocycles. The molecule has 0 aliphatic carbocycles. The average Bonchev–Trinajstić information content (AvgIpc) is 3.01. The Bertz CT molecular complexity index is 750. The molecule has 0 atom stereocenters.